The second-order valence-corrected chi connectivity index (χ2v) is 9.55. The minimum absolute atomic E-state index is 0.188. The van der Waals surface area contributed by atoms with Crippen LogP contribution in [0.4, 0.5) is 4.79 Å². The lowest BCUT2D eigenvalue weighted by molar-refractivity contribution is -0.145. The smallest absolute Gasteiger partial charge is 0.326 e. The van der Waals surface area contributed by atoms with Crippen LogP contribution >= 0.6 is 56.9 Å². The van der Waals surface area contributed by atoms with Gasteiger partial charge in [0.1, 0.15) is 18.9 Å². The van der Waals surface area contributed by atoms with Crippen LogP contribution in [0.15, 0.2) is 47.4 Å². The van der Waals surface area contributed by atoms with Gasteiger partial charge in [-0.25, -0.2) is 0 Å². The third kappa shape index (κ3) is 5.76. The summed E-state index contributed by atoms with van der Waals surface area (Å²) < 4.78 is 12.8. The molecule has 0 radical (unpaired) electrons. The van der Waals surface area contributed by atoms with Gasteiger partial charge in [0.25, 0.3) is 11.1 Å². The van der Waals surface area contributed by atoms with Gasteiger partial charge >= 0.3 is 5.97 Å². The molecule has 1 saturated heterocycles. The Morgan fingerprint density at radius 3 is 2.60 bits per heavy atom. The number of ether oxygens (including phenoxy) is 2. The van der Waals surface area contributed by atoms with E-state index in [1.807, 2.05) is 42.5 Å². The Kier molecular flexibility index (Phi) is 8.17. The molecule has 9 heteroatoms. The zero-order chi connectivity index (χ0) is 21.7. The van der Waals surface area contributed by atoms with Gasteiger partial charge in [-0.2, -0.15) is 0 Å². The molecule has 2 amide bonds. The molecule has 0 N–H and O–H groups in total. The first-order valence-corrected chi connectivity index (χ1v) is 11.9. The van der Waals surface area contributed by atoms with E-state index in [-0.39, 0.29) is 11.5 Å². The molecule has 0 aliphatic carbocycles. The lowest BCUT2D eigenvalue weighted by atomic mass is 10.1. The van der Waals surface area contributed by atoms with E-state index in [1.54, 1.807) is 13.0 Å². The van der Waals surface area contributed by atoms with Crippen LogP contribution in [0.5, 0.6) is 5.75 Å². The first-order chi connectivity index (χ1) is 14.4. The van der Waals surface area contributed by atoms with E-state index in [1.165, 1.54) is 0 Å². The molecule has 3 rings (SSSR count). The van der Waals surface area contributed by atoms with Crippen LogP contribution in [0.3, 0.4) is 0 Å². The fourth-order valence-corrected chi connectivity index (χ4v) is 5.56. The van der Waals surface area contributed by atoms with Crippen molar-refractivity contribution in [3.05, 3.63) is 65.6 Å². The van der Waals surface area contributed by atoms with E-state index in [0.717, 1.165) is 29.4 Å². The molecule has 0 unspecified atom stereocenters. The van der Waals surface area contributed by atoms with Crippen molar-refractivity contribution in [2.24, 2.45) is 0 Å². The molecule has 2 aromatic carbocycles. The lowest BCUT2D eigenvalue weighted by Gasteiger charge is -2.13. The van der Waals surface area contributed by atoms with E-state index in [9.17, 15) is 14.4 Å². The summed E-state index contributed by atoms with van der Waals surface area (Å²) >= 11 is 5.19. The van der Waals surface area contributed by atoms with Gasteiger partial charge in [0.15, 0.2) is 0 Å². The molecule has 0 atom stereocenters. The van der Waals surface area contributed by atoms with Crippen LogP contribution in [0.25, 0.3) is 6.08 Å². The quantitative estimate of drug-likeness (QED) is 0.237. The second kappa shape index (κ2) is 10.6. The van der Waals surface area contributed by atoms with Crippen molar-refractivity contribution in [1.82, 2.24) is 4.90 Å². The molecular formula is C21H17I2NO5S. The van der Waals surface area contributed by atoms with Crippen molar-refractivity contribution in [2.75, 3.05) is 13.2 Å². The number of carbonyl (C=O) groups is 3. The monoisotopic (exact) mass is 649 g/mol. The standard InChI is InChI=1S/C21H17I2NO5S/c1-2-28-18(25)11-24-20(26)17(30-21(24)27)9-14-8-15(22)10-16(23)19(14)29-12-13-6-4-3-5-7-13/h3-10H,2,11-12H2,1H3/b17-9-. The fourth-order valence-electron chi connectivity index (χ4n) is 2.68. The Morgan fingerprint density at radius 2 is 1.90 bits per heavy atom. The number of carbonyl (C=O) groups excluding carboxylic acids is 3. The number of thioether (sulfide) groups is 1. The number of rotatable bonds is 7. The summed E-state index contributed by atoms with van der Waals surface area (Å²) in [7, 11) is 0. The molecule has 6 nitrogen and oxygen atoms in total. The molecule has 1 aliphatic heterocycles. The van der Waals surface area contributed by atoms with Crippen LogP contribution in [-0.2, 0) is 20.9 Å². The van der Waals surface area contributed by atoms with Crippen molar-refractivity contribution in [2.45, 2.75) is 13.5 Å². The molecular weight excluding hydrogens is 632 g/mol. The third-order valence-electron chi connectivity index (χ3n) is 4.02. The highest BCUT2D eigenvalue weighted by molar-refractivity contribution is 14.1. The zero-order valence-electron chi connectivity index (χ0n) is 15.9. The summed E-state index contributed by atoms with van der Waals surface area (Å²) in [6, 6.07) is 13.6. The lowest BCUT2D eigenvalue weighted by Crippen LogP contribution is -2.34. The molecule has 2 aromatic rings. The van der Waals surface area contributed by atoms with Gasteiger partial charge in [0.05, 0.1) is 15.1 Å². The van der Waals surface area contributed by atoms with Crippen molar-refractivity contribution in [3.63, 3.8) is 0 Å². The summed E-state index contributed by atoms with van der Waals surface area (Å²) in [6.45, 7) is 1.84. The van der Waals surface area contributed by atoms with Crippen LogP contribution < -0.4 is 4.74 Å². The maximum Gasteiger partial charge on any atom is 0.326 e. The summed E-state index contributed by atoms with van der Waals surface area (Å²) in [5.74, 6) is -0.491. The van der Waals surface area contributed by atoms with Gasteiger partial charge in [-0.3, -0.25) is 19.3 Å². The molecule has 1 fully saturated rings. The normalized spacial score (nSPS) is 15.0. The number of imide groups is 1. The number of amides is 2. The van der Waals surface area contributed by atoms with E-state index in [4.69, 9.17) is 9.47 Å². The van der Waals surface area contributed by atoms with Gasteiger partial charge in [-0.15, -0.1) is 0 Å². The number of hydrogen-bond donors (Lipinski definition) is 0. The topological polar surface area (TPSA) is 72.9 Å². The summed E-state index contributed by atoms with van der Waals surface area (Å²) in [5, 5.41) is -0.494. The molecule has 156 valence electrons. The van der Waals surface area contributed by atoms with Crippen LogP contribution in [0.2, 0.25) is 0 Å². The Hall–Kier alpha value is -1.60. The summed E-state index contributed by atoms with van der Waals surface area (Å²) in [5.41, 5.74) is 1.72. The van der Waals surface area contributed by atoms with Crippen LogP contribution in [-0.4, -0.2) is 35.2 Å². The first-order valence-electron chi connectivity index (χ1n) is 8.95. The predicted octanol–water partition coefficient (Wildman–Crippen LogP) is 5.07. The van der Waals surface area contributed by atoms with Crippen LogP contribution in [0.1, 0.15) is 18.1 Å². The molecule has 0 aromatic heterocycles. The van der Waals surface area contributed by atoms with Gasteiger partial charge in [-0.05, 0) is 87.6 Å². The summed E-state index contributed by atoms with van der Waals surface area (Å²) in [6.07, 6.45) is 1.64. The van der Waals surface area contributed by atoms with Crippen LogP contribution in [0, 0.1) is 7.14 Å². The van der Waals surface area contributed by atoms with Crippen molar-refractivity contribution in [1.29, 1.82) is 0 Å². The van der Waals surface area contributed by atoms with Gasteiger partial charge in [0.2, 0.25) is 0 Å². The highest BCUT2D eigenvalue weighted by atomic mass is 127. The average Bonchev–Trinajstić information content (AvgIpc) is 2.95. The van der Waals surface area contributed by atoms with Crippen molar-refractivity contribution >= 4 is 80.1 Å². The molecule has 0 saturated carbocycles. The van der Waals surface area contributed by atoms with E-state index in [0.29, 0.717) is 17.9 Å². The molecule has 0 spiro atoms. The second-order valence-electron chi connectivity index (χ2n) is 6.15. The van der Waals surface area contributed by atoms with E-state index in [2.05, 4.69) is 45.2 Å². The largest absolute Gasteiger partial charge is 0.487 e. The van der Waals surface area contributed by atoms with E-state index < -0.39 is 23.7 Å². The number of hydrogen-bond acceptors (Lipinski definition) is 6. The number of halogens is 2. The Labute approximate surface area is 205 Å². The van der Waals surface area contributed by atoms with Gasteiger partial charge in [-0.1, -0.05) is 30.3 Å². The van der Waals surface area contributed by atoms with E-state index >= 15 is 0 Å². The SMILES string of the molecule is CCOC(=O)CN1C(=O)S/C(=C\c2cc(I)cc(I)c2OCc2ccccc2)C1=O. The Bertz CT molecular complexity index is 1010. The van der Waals surface area contributed by atoms with Crippen molar-refractivity contribution in [3.8, 4) is 5.75 Å². The Morgan fingerprint density at radius 1 is 1.17 bits per heavy atom. The van der Waals surface area contributed by atoms with Crippen molar-refractivity contribution < 1.29 is 23.9 Å². The number of benzene rings is 2. The van der Waals surface area contributed by atoms with Gasteiger partial charge in [0, 0.05) is 9.13 Å². The third-order valence-corrected chi connectivity index (χ3v) is 6.35. The average molecular weight is 649 g/mol. The fraction of sp³-hybridized carbons (Fsp3) is 0.190. The maximum absolute atomic E-state index is 12.7. The number of esters is 1. The molecule has 1 heterocycles. The molecule has 0 bridgehead atoms. The maximum atomic E-state index is 12.7. The molecule has 1 aliphatic rings. The first kappa shape index (κ1) is 23.1. The zero-order valence-corrected chi connectivity index (χ0v) is 21.0. The summed E-state index contributed by atoms with van der Waals surface area (Å²) in [4.78, 5) is 37.8. The Balaban J connectivity index is 1.86. The predicted molar refractivity (Wildman–Crippen MR) is 132 cm³/mol. The highest BCUT2D eigenvalue weighted by Gasteiger charge is 2.36. The van der Waals surface area contributed by atoms with Gasteiger partial charge < -0.3 is 9.47 Å². The minimum Gasteiger partial charge on any atom is -0.487 e. The molecule has 30 heavy (non-hydrogen) atoms. The highest BCUT2D eigenvalue weighted by Crippen LogP contribution is 2.36. The number of nitrogens with zero attached hydrogens (tertiary/aromatic N) is 1. The minimum atomic E-state index is -0.614.